The number of nitrogens with zero attached hydrogens (tertiary/aromatic N) is 1. The SMILES string of the molecule is CC1CCN(C(=O)Cc2cccc(F)c2)CC1O. The van der Waals surface area contributed by atoms with Gasteiger partial charge in [0.1, 0.15) is 5.82 Å². The van der Waals surface area contributed by atoms with Crippen LogP contribution in [0.1, 0.15) is 18.9 Å². The number of aliphatic hydroxyl groups excluding tert-OH is 1. The van der Waals surface area contributed by atoms with Gasteiger partial charge in [-0.15, -0.1) is 0 Å². The topological polar surface area (TPSA) is 40.5 Å². The summed E-state index contributed by atoms with van der Waals surface area (Å²) in [6, 6.07) is 6.08. The highest BCUT2D eigenvalue weighted by Gasteiger charge is 2.27. The molecule has 1 heterocycles. The molecule has 0 aromatic heterocycles. The maximum Gasteiger partial charge on any atom is 0.227 e. The Morgan fingerprint density at radius 2 is 2.33 bits per heavy atom. The Bertz CT molecular complexity index is 436. The molecule has 1 aliphatic heterocycles. The number of likely N-dealkylation sites (tertiary alicyclic amines) is 1. The number of carbonyl (C=O) groups excluding carboxylic acids is 1. The number of β-amino-alcohol motifs (C(OH)–C–C–N with tert-alkyl or cyclic N) is 1. The summed E-state index contributed by atoms with van der Waals surface area (Å²) in [4.78, 5) is 13.7. The number of hydrogen-bond acceptors (Lipinski definition) is 2. The van der Waals surface area contributed by atoms with Crippen LogP contribution in [0.3, 0.4) is 0 Å². The zero-order valence-corrected chi connectivity index (χ0v) is 10.5. The first-order valence-corrected chi connectivity index (χ1v) is 6.26. The molecule has 1 N–H and O–H groups in total. The molecule has 3 nitrogen and oxygen atoms in total. The summed E-state index contributed by atoms with van der Waals surface area (Å²) in [5.74, 6) is -0.137. The van der Waals surface area contributed by atoms with Gasteiger partial charge in [-0.05, 0) is 30.0 Å². The van der Waals surface area contributed by atoms with Crippen molar-refractivity contribution in [1.82, 2.24) is 4.90 Å². The number of halogens is 1. The number of hydrogen-bond donors (Lipinski definition) is 1. The van der Waals surface area contributed by atoms with E-state index in [-0.39, 0.29) is 24.1 Å². The van der Waals surface area contributed by atoms with Gasteiger partial charge in [-0.1, -0.05) is 19.1 Å². The average Bonchev–Trinajstić information content (AvgIpc) is 2.32. The number of rotatable bonds is 2. The van der Waals surface area contributed by atoms with E-state index in [1.54, 1.807) is 17.0 Å². The minimum absolute atomic E-state index is 0.0495. The Hall–Kier alpha value is -1.42. The van der Waals surface area contributed by atoms with E-state index in [2.05, 4.69) is 0 Å². The summed E-state index contributed by atoms with van der Waals surface area (Å²) >= 11 is 0. The molecule has 0 radical (unpaired) electrons. The van der Waals surface area contributed by atoms with Crippen molar-refractivity contribution in [3.8, 4) is 0 Å². The molecule has 1 fully saturated rings. The summed E-state index contributed by atoms with van der Waals surface area (Å²) < 4.78 is 13.0. The molecule has 1 aliphatic rings. The molecule has 2 unspecified atom stereocenters. The maximum atomic E-state index is 13.0. The molecular formula is C14H18FNO2. The second-order valence-corrected chi connectivity index (χ2v) is 4.98. The number of benzene rings is 1. The zero-order valence-electron chi connectivity index (χ0n) is 10.5. The third-order valence-corrected chi connectivity index (χ3v) is 3.52. The molecule has 1 aromatic carbocycles. The standard InChI is InChI=1S/C14H18FNO2/c1-10-5-6-16(9-13(10)17)14(18)8-11-3-2-4-12(15)7-11/h2-4,7,10,13,17H,5-6,8-9H2,1H3. The maximum absolute atomic E-state index is 13.0. The molecule has 18 heavy (non-hydrogen) atoms. The Morgan fingerprint density at radius 1 is 1.56 bits per heavy atom. The van der Waals surface area contributed by atoms with Gasteiger partial charge in [0, 0.05) is 13.1 Å². The quantitative estimate of drug-likeness (QED) is 0.867. The Labute approximate surface area is 106 Å². The molecule has 0 saturated carbocycles. The predicted molar refractivity (Wildman–Crippen MR) is 66.5 cm³/mol. The van der Waals surface area contributed by atoms with Crippen molar-refractivity contribution in [2.75, 3.05) is 13.1 Å². The van der Waals surface area contributed by atoms with Gasteiger partial charge in [-0.3, -0.25) is 4.79 Å². The van der Waals surface area contributed by atoms with Gasteiger partial charge in [0.05, 0.1) is 12.5 Å². The summed E-state index contributed by atoms with van der Waals surface area (Å²) in [6.45, 7) is 3.04. The summed E-state index contributed by atoms with van der Waals surface area (Å²) in [7, 11) is 0. The molecule has 2 rings (SSSR count). The van der Waals surface area contributed by atoms with Gasteiger partial charge in [0.15, 0.2) is 0 Å². The first kappa shape index (κ1) is 13.0. The van der Waals surface area contributed by atoms with E-state index in [9.17, 15) is 14.3 Å². The fraction of sp³-hybridized carbons (Fsp3) is 0.500. The molecule has 1 amide bonds. The zero-order chi connectivity index (χ0) is 13.1. The van der Waals surface area contributed by atoms with Gasteiger partial charge >= 0.3 is 0 Å². The average molecular weight is 251 g/mol. The lowest BCUT2D eigenvalue weighted by Gasteiger charge is -2.34. The minimum Gasteiger partial charge on any atom is -0.391 e. The van der Waals surface area contributed by atoms with Gasteiger partial charge in [0.25, 0.3) is 0 Å². The first-order valence-electron chi connectivity index (χ1n) is 6.26. The van der Waals surface area contributed by atoms with E-state index < -0.39 is 6.10 Å². The van der Waals surface area contributed by atoms with E-state index >= 15 is 0 Å². The third kappa shape index (κ3) is 3.07. The van der Waals surface area contributed by atoms with Crippen LogP contribution in [-0.4, -0.2) is 35.1 Å². The van der Waals surface area contributed by atoms with Crippen molar-refractivity contribution >= 4 is 5.91 Å². The third-order valence-electron chi connectivity index (χ3n) is 3.52. The first-order chi connectivity index (χ1) is 8.56. The minimum atomic E-state index is -0.449. The lowest BCUT2D eigenvalue weighted by atomic mass is 9.95. The van der Waals surface area contributed by atoms with Crippen LogP contribution in [0, 0.1) is 11.7 Å². The smallest absolute Gasteiger partial charge is 0.227 e. The highest BCUT2D eigenvalue weighted by Crippen LogP contribution is 2.18. The highest BCUT2D eigenvalue weighted by molar-refractivity contribution is 5.78. The van der Waals surface area contributed by atoms with Gasteiger partial charge in [0.2, 0.25) is 5.91 Å². The number of aliphatic hydroxyl groups is 1. The van der Waals surface area contributed by atoms with Crippen molar-refractivity contribution in [1.29, 1.82) is 0 Å². The van der Waals surface area contributed by atoms with Crippen LogP contribution < -0.4 is 0 Å². The van der Waals surface area contributed by atoms with E-state index in [4.69, 9.17) is 0 Å². The largest absolute Gasteiger partial charge is 0.391 e. The lowest BCUT2D eigenvalue weighted by molar-refractivity contribution is -0.134. The number of carbonyl (C=O) groups is 1. The Balaban J connectivity index is 1.96. The number of amides is 1. The lowest BCUT2D eigenvalue weighted by Crippen LogP contribution is -2.46. The molecule has 98 valence electrons. The monoisotopic (exact) mass is 251 g/mol. The van der Waals surface area contributed by atoms with Crippen molar-refractivity contribution < 1.29 is 14.3 Å². The van der Waals surface area contributed by atoms with Gasteiger partial charge in [-0.2, -0.15) is 0 Å². The fourth-order valence-corrected chi connectivity index (χ4v) is 2.21. The summed E-state index contributed by atoms with van der Waals surface area (Å²) in [5.41, 5.74) is 0.674. The van der Waals surface area contributed by atoms with Crippen molar-refractivity contribution in [3.05, 3.63) is 35.6 Å². The predicted octanol–water partition coefficient (Wildman–Crippen LogP) is 1.60. The Morgan fingerprint density at radius 3 is 3.00 bits per heavy atom. The molecular weight excluding hydrogens is 233 g/mol. The second kappa shape index (κ2) is 5.48. The molecule has 0 spiro atoms. The molecule has 1 aromatic rings. The highest BCUT2D eigenvalue weighted by atomic mass is 19.1. The van der Waals surface area contributed by atoms with Crippen LogP contribution in [0.4, 0.5) is 4.39 Å². The van der Waals surface area contributed by atoms with Crippen LogP contribution in [0.25, 0.3) is 0 Å². The van der Waals surface area contributed by atoms with Crippen LogP contribution in [-0.2, 0) is 11.2 Å². The van der Waals surface area contributed by atoms with E-state index in [0.717, 1.165) is 6.42 Å². The van der Waals surface area contributed by atoms with Crippen LogP contribution in [0.15, 0.2) is 24.3 Å². The summed E-state index contributed by atoms with van der Waals surface area (Å²) in [6.07, 6.45) is 0.560. The van der Waals surface area contributed by atoms with E-state index in [0.29, 0.717) is 18.7 Å². The van der Waals surface area contributed by atoms with Crippen molar-refractivity contribution in [2.24, 2.45) is 5.92 Å². The molecule has 0 aliphatic carbocycles. The van der Waals surface area contributed by atoms with Crippen LogP contribution in [0.2, 0.25) is 0 Å². The van der Waals surface area contributed by atoms with E-state index in [1.807, 2.05) is 6.92 Å². The van der Waals surface area contributed by atoms with Crippen LogP contribution >= 0.6 is 0 Å². The van der Waals surface area contributed by atoms with Crippen molar-refractivity contribution in [2.45, 2.75) is 25.9 Å². The summed E-state index contributed by atoms with van der Waals surface area (Å²) in [5, 5.41) is 9.75. The normalized spacial score (nSPS) is 24.1. The molecule has 1 saturated heterocycles. The number of piperidine rings is 1. The Kier molecular flexibility index (Phi) is 3.97. The van der Waals surface area contributed by atoms with Crippen molar-refractivity contribution in [3.63, 3.8) is 0 Å². The molecule has 4 heteroatoms. The second-order valence-electron chi connectivity index (χ2n) is 4.98. The van der Waals surface area contributed by atoms with Crippen LogP contribution in [0.5, 0.6) is 0 Å². The van der Waals surface area contributed by atoms with Gasteiger partial charge in [-0.25, -0.2) is 4.39 Å². The van der Waals surface area contributed by atoms with E-state index in [1.165, 1.54) is 12.1 Å². The molecule has 0 bridgehead atoms. The fourth-order valence-electron chi connectivity index (χ4n) is 2.21. The molecule has 2 atom stereocenters. The van der Waals surface area contributed by atoms with Gasteiger partial charge < -0.3 is 10.0 Å².